The Kier molecular flexibility index (Phi) is 7.18. The van der Waals surface area contributed by atoms with Gasteiger partial charge in [-0.1, -0.05) is 35.3 Å². The van der Waals surface area contributed by atoms with E-state index in [0.717, 1.165) is 29.0 Å². The first-order valence-electron chi connectivity index (χ1n) is 9.15. The van der Waals surface area contributed by atoms with Gasteiger partial charge >= 0.3 is 5.97 Å². The molecule has 28 heavy (non-hydrogen) atoms. The van der Waals surface area contributed by atoms with Gasteiger partial charge in [0.25, 0.3) is 0 Å². The van der Waals surface area contributed by atoms with Crippen molar-refractivity contribution in [1.82, 2.24) is 4.90 Å². The monoisotopic (exact) mass is 423 g/mol. The summed E-state index contributed by atoms with van der Waals surface area (Å²) >= 11 is 12.5. The van der Waals surface area contributed by atoms with Gasteiger partial charge in [0.05, 0.1) is 19.1 Å². The average Bonchev–Trinajstić information content (AvgIpc) is 2.66. The molecule has 0 bridgehead atoms. The molecule has 0 spiro atoms. The minimum absolute atomic E-state index is 0.0717. The molecule has 1 atom stereocenters. The van der Waals surface area contributed by atoms with E-state index in [1.165, 1.54) is 0 Å². The Morgan fingerprint density at radius 1 is 1.25 bits per heavy atom. The lowest BCUT2D eigenvalue weighted by atomic mass is 10.1. The molecule has 0 saturated carbocycles. The highest BCUT2D eigenvalue weighted by Gasteiger charge is 2.22. The molecule has 1 aliphatic rings. The van der Waals surface area contributed by atoms with Crippen LogP contribution in [0, 0.1) is 6.92 Å². The number of hydrogen-bond acceptors (Lipinski definition) is 4. The maximum Gasteiger partial charge on any atom is 0.304 e. The maximum absolute atomic E-state index is 10.8. The Morgan fingerprint density at radius 3 is 2.57 bits per heavy atom. The highest BCUT2D eigenvalue weighted by atomic mass is 35.5. The smallest absolute Gasteiger partial charge is 0.304 e. The maximum atomic E-state index is 10.8. The van der Waals surface area contributed by atoms with Gasteiger partial charge in [-0.3, -0.25) is 9.69 Å². The first-order chi connectivity index (χ1) is 13.4. The van der Waals surface area contributed by atoms with Crippen molar-refractivity contribution in [2.75, 3.05) is 26.2 Å². The summed E-state index contributed by atoms with van der Waals surface area (Å²) in [6, 6.07) is 11.5. The second kappa shape index (κ2) is 9.61. The van der Waals surface area contributed by atoms with Gasteiger partial charge in [-0.25, -0.2) is 0 Å². The van der Waals surface area contributed by atoms with E-state index in [0.29, 0.717) is 36.3 Å². The van der Waals surface area contributed by atoms with Crippen molar-refractivity contribution in [2.45, 2.75) is 26.1 Å². The van der Waals surface area contributed by atoms with Crippen molar-refractivity contribution in [3.05, 3.63) is 63.1 Å². The Labute approximate surface area is 174 Å². The molecular formula is C21H23Cl2NO4. The number of rotatable bonds is 7. The molecule has 2 aromatic rings. The third-order valence-electron chi connectivity index (χ3n) is 4.71. The fourth-order valence-electron chi connectivity index (χ4n) is 3.16. The van der Waals surface area contributed by atoms with Crippen molar-refractivity contribution in [1.29, 1.82) is 0 Å². The van der Waals surface area contributed by atoms with Crippen molar-refractivity contribution >= 4 is 29.2 Å². The van der Waals surface area contributed by atoms with Crippen LogP contribution in [0.25, 0.3) is 0 Å². The second-order valence-corrected chi connectivity index (χ2v) is 7.68. The molecule has 0 amide bonds. The molecular weight excluding hydrogens is 401 g/mol. The van der Waals surface area contributed by atoms with Crippen molar-refractivity contribution < 1.29 is 19.4 Å². The number of aliphatic carboxylic acids is 1. The first-order valence-corrected chi connectivity index (χ1v) is 9.91. The van der Waals surface area contributed by atoms with Crippen LogP contribution in [-0.4, -0.2) is 42.2 Å². The van der Waals surface area contributed by atoms with Gasteiger partial charge < -0.3 is 14.6 Å². The number of morpholine rings is 1. The minimum Gasteiger partial charge on any atom is -0.489 e. The molecule has 1 saturated heterocycles. The molecule has 0 aliphatic carbocycles. The molecule has 3 rings (SSSR count). The van der Waals surface area contributed by atoms with E-state index in [1.54, 1.807) is 0 Å². The highest BCUT2D eigenvalue weighted by Crippen LogP contribution is 2.29. The third-order valence-corrected chi connectivity index (χ3v) is 5.39. The Morgan fingerprint density at radius 2 is 1.93 bits per heavy atom. The molecule has 1 fully saturated rings. The number of nitrogens with zero attached hydrogens (tertiary/aromatic N) is 1. The van der Waals surface area contributed by atoms with Gasteiger partial charge in [-0.15, -0.1) is 0 Å². The number of ether oxygens (including phenoxy) is 2. The second-order valence-electron chi connectivity index (χ2n) is 6.87. The average molecular weight is 424 g/mol. The normalized spacial score (nSPS) is 17.5. The molecule has 1 N–H and O–H groups in total. The lowest BCUT2D eigenvalue weighted by Crippen LogP contribution is -2.39. The molecule has 1 unspecified atom stereocenters. The van der Waals surface area contributed by atoms with Crippen LogP contribution in [0.15, 0.2) is 36.4 Å². The minimum atomic E-state index is -0.779. The number of aryl methyl sites for hydroxylation is 1. The van der Waals surface area contributed by atoms with Crippen LogP contribution >= 0.6 is 23.2 Å². The van der Waals surface area contributed by atoms with Crippen LogP contribution < -0.4 is 4.74 Å². The number of halogens is 2. The molecule has 0 aromatic heterocycles. The summed E-state index contributed by atoms with van der Waals surface area (Å²) in [6.07, 6.45) is 0.0708. The Bertz CT molecular complexity index is 803. The van der Waals surface area contributed by atoms with Gasteiger partial charge in [0, 0.05) is 35.2 Å². The summed E-state index contributed by atoms with van der Waals surface area (Å²) in [5.74, 6) is -0.0617. The van der Waals surface area contributed by atoms with Gasteiger partial charge in [0.1, 0.15) is 12.4 Å². The number of benzene rings is 2. The molecule has 150 valence electrons. The number of carbonyl (C=O) groups is 1. The van der Waals surface area contributed by atoms with Crippen molar-refractivity contribution in [3.63, 3.8) is 0 Å². The van der Waals surface area contributed by atoms with Crippen molar-refractivity contribution in [2.24, 2.45) is 0 Å². The van der Waals surface area contributed by atoms with Crippen LogP contribution in [0.5, 0.6) is 5.75 Å². The van der Waals surface area contributed by atoms with Gasteiger partial charge in [0.2, 0.25) is 0 Å². The summed E-state index contributed by atoms with van der Waals surface area (Å²) < 4.78 is 11.7. The third kappa shape index (κ3) is 5.61. The van der Waals surface area contributed by atoms with Crippen LogP contribution in [0.1, 0.15) is 29.2 Å². The summed E-state index contributed by atoms with van der Waals surface area (Å²) in [4.78, 5) is 12.9. The Balaban J connectivity index is 1.58. The molecule has 2 aromatic carbocycles. The first kappa shape index (κ1) is 20.9. The number of carboxylic acid groups (broad SMARTS) is 1. The lowest BCUT2D eigenvalue weighted by molar-refractivity contribution is -0.137. The molecule has 1 heterocycles. The molecule has 0 radical (unpaired) electrons. The summed E-state index contributed by atoms with van der Waals surface area (Å²) in [5.41, 5.74) is 2.81. The number of hydrogen-bond donors (Lipinski definition) is 1. The van der Waals surface area contributed by atoms with E-state index in [1.807, 2.05) is 43.3 Å². The van der Waals surface area contributed by atoms with Gasteiger partial charge in [0.15, 0.2) is 0 Å². The summed E-state index contributed by atoms with van der Waals surface area (Å²) in [7, 11) is 0. The van der Waals surface area contributed by atoms with Crippen LogP contribution in [0.4, 0.5) is 0 Å². The molecule has 1 aliphatic heterocycles. The largest absolute Gasteiger partial charge is 0.489 e. The summed E-state index contributed by atoms with van der Waals surface area (Å²) in [5, 5.41) is 10.0. The van der Waals surface area contributed by atoms with Gasteiger partial charge in [-0.05, 0) is 42.3 Å². The van der Waals surface area contributed by atoms with E-state index in [9.17, 15) is 4.79 Å². The lowest BCUT2D eigenvalue weighted by Gasteiger charge is -2.32. The SMILES string of the molecule is Cc1cc(Cl)c(COc2ccc(C3CN(CCC(=O)O)CCO3)cc2)c(Cl)c1. The van der Waals surface area contributed by atoms with E-state index in [-0.39, 0.29) is 12.5 Å². The van der Waals surface area contributed by atoms with Crippen LogP contribution in [0.3, 0.4) is 0 Å². The molecule has 7 heteroatoms. The Hall–Kier alpha value is -1.79. The zero-order valence-corrected chi connectivity index (χ0v) is 17.2. The standard InChI is InChI=1S/C21H23Cl2NO4/c1-14-10-18(22)17(19(23)11-14)13-28-16-4-2-15(3-5-16)20-12-24(8-9-27-20)7-6-21(25)26/h2-5,10-11,20H,6-9,12-13H2,1H3,(H,25,26). The van der Waals surface area contributed by atoms with E-state index in [4.69, 9.17) is 37.8 Å². The van der Waals surface area contributed by atoms with Gasteiger partial charge in [-0.2, -0.15) is 0 Å². The van der Waals surface area contributed by atoms with Crippen LogP contribution in [0.2, 0.25) is 10.0 Å². The molecule has 5 nitrogen and oxygen atoms in total. The predicted octanol–water partition coefficient (Wildman–Crippen LogP) is 4.73. The summed E-state index contributed by atoms with van der Waals surface area (Å²) in [6.45, 7) is 4.80. The zero-order chi connectivity index (χ0) is 20.1. The highest BCUT2D eigenvalue weighted by molar-refractivity contribution is 6.36. The van der Waals surface area contributed by atoms with Crippen molar-refractivity contribution in [3.8, 4) is 5.75 Å². The quantitative estimate of drug-likeness (QED) is 0.697. The van der Waals surface area contributed by atoms with E-state index in [2.05, 4.69) is 4.90 Å². The zero-order valence-electron chi connectivity index (χ0n) is 15.7. The predicted molar refractivity (Wildman–Crippen MR) is 109 cm³/mol. The topological polar surface area (TPSA) is 59.0 Å². The van der Waals surface area contributed by atoms with Crippen LogP contribution in [-0.2, 0) is 16.1 Å². The van der Waals surface area contributed by atoms with E-state index >= 15 is 0 Å². The fraction of sp³-hybridized carbons (Fsp3) is 0.381. The van der Waals surface area contributed by atoms with E-state index < -0.39 is 5.97 Å². The number of carboxylic acids is 1. The fourth-order valence-corrected chi connectivity index (χ4v) is 3.87.